The summed E-state index contributed by atoms with van der Waals surface area (Å²) in [5.74, 6) is -1.36. The molecule has 0 aliphatic heterocycles. The predicted octanol–water partition coefficient (Wildman–Crippen LogP) is 4.50. The fraction of sp³-hybridized carbons (Fsp3) is 0.769. The van der Waals surface area contributed by atoms with E-state index >= 15 is 0 Å². The van der Waals surface area contributed by atoms with Crippen LogP contribution in [0.2, 0.25) is 0 Å². The molecule has 0 amide bonds. The average Bonchev–Trinajstić information content (AvgIpc) is 2.75. The van der Waals surface area contributed by atoms with E-state index in [2.05, 4.69) is 32.1 Å². The number of esters is 1. The highest BCUT2D eigenvalue weighted by atomic mass is 16.5. The molecule has 182 valence electrons. The third-order valence-corrected chi connectivity index (χ3v) is 7.08. The van der Waals surface area contributed by atoms with E-state index in [1.54, 1.807) is 6.92 Å². The summed E-state index contributed by atoms with van der Waals surface area (Å²) in [5, 5.41) is 29.3. The Morgan fingerprint density at radius 3 is 2.59 bits per heavy atom. The largest absolute Gasteiger partial charge is 0.481 e. The smallest absolute Gasteiger partial charge is 0.311 e. The Labute approximate surface area is 197 Å². The van der Waals surface area contributed by atoms with Gasteiger partial charge in [-0.1, -0.05) is 39.0 Å². The normalized spacial score (nSPS) is 32.9. The standard InChI is InChI=1S/C26H42O6/c1-6-26(4,5)25(31)32-22-14-16(2)13-18-8-7-17(3)21(24(18)22)11-9-19(27)15-20(28)10-12-23(29)30/h7-8,13,16-17,19-22,24,27-28H,6,9-12,14-15H2,1-5H3,(H,29,30)/i4D3. The van der Waals surface area contributed by atoms with Crippen molar-refractivity contribution < 1.29 is 33.8 Å². The van der Waals surface area contributed by atoms with E-state index in [4.69, 9.17) is 14.0 Å². The van der Waals surface area contributed by atoms with Gasteiger partial charge in [0.2, 0.25) is 0 Å². The molecule has 8 unspecified atom stereocenters. The molecule has 2 rings (SSSR count). The molecule has 0 spiro atoms. The Hall–Kier alpha value is -1.66. The summed E-state index contributed by atoms with van der Waals surface area (Å²) in [6.45, 7) is 4.79. The van der Waals surface area contributed by atoms with E-state index in [0.29, 0.717) is 19.3 Å². The van der Waals surface area contributed by atoms with Crippen molar-refractivity contribution in [3.8, 4) is 0 Å². The monoisotopic (exact) mass is 453 g/mol. The number of allylic oxidation sites excluding steroid dienone is 3. The lowest BCUT2D eigenvalue weighted by atomic mass is 9.65. The highest BCUT2D eigenvalue weighted by molar-refractivity contribution is 5.76. The maximum Gasteiger partial charge on any atom is 0.311 e. The first-order chi connectivity index (χ1) is 16.2. The van der Waals surface area contributed by atoms with Crippen molar-refractivity contribution in [2.24, 2.45) is 29.1 Å². The minimum absolute atomic E-state index is 0.0722. The maximum atomic E-state index is 13.1. The van der Waals surface area contributed by atoms with Gasteiger partial charge in [-0.3, -0.25) is 9.59 Å². The zero-order valence-electron chi connectivity index (χ0n) is 22.8. The van der Waals surface area contributed by atoms with Crippen LogP contribution in [0.1, 0.15) is 83.6 Å². The number of carbonyl (C=O) groups is 2. The molecular formula is C26H42O6. The number of aliphatic hydroxyl groups is 2. The predicted molar refractivity (Wildman–Crippen MR) is 124 cm³/mol. The van der Waals surface area contributed by atoms with Gasteiger partial charge in [-0.15, -0.1) is 0 Å². The molecule has 6 heteroatoms. The first-order valence-corrected chi connectivity index (χ1v) is 11.9. The second-order valence-electron chi connectivity index (χ2n) is 9.97. The molecule has 2 aliphatic rings. The summed E-state index contributed by atoms with van der Waals surface area (Å²) < 4.78 is 29.6. The highest BCUT2D eigenvalue weighted by Crippen LogP contribution is 2.45. The van der Waals surface area contributed by atoms with Crippen LogP contribution in [0.15, 0.2) is 23.8 Å². The molecule has 32 heavy (non-hydrogen) atoms. The summed E-state index contributed by atoms with van der Waals surface area (Å²) in [6.07, 6.45) is 6.13. The Kier molecular flexibility index (Phi) is 7.93. The van der Waals surface area contributed by atoms with Crippen molar-refractivity contribution >= 4 is 11.9 Å². The Morgan fingerprint density at radius 2 is 1.97 bits per heavy atom. The minimum atomic E-state index is -2.47. The number of rotatable bonds is 11. The van der Waals surface area contributed by atoms with E-state index in [0.717, 1.165) is 5.57 Å². The van der Waals surface area contributed by atoms with Gasteiger partial charge in [-0.25, -0.2) is 0 Å². The molecule has 2 aliphatic carbocycles. The van der Waals surface area contributed by atoms with Crippen LogP contribution in [0.5, 0.6) is 0 Å². The second kappa shape index (κ2) is 11.5. The molecule has 0 heterocycles. The molecule has 0 radical (unpaired) electrons. The van der Waals surface area contributed by atoms with Gasteiger partial charge in [0.15, 0.2) is 0 Å². The minimum Gasteiger partial charge on any atom is -0.481 e. The lowest BCUT2D eigenvalue weighted by Crippen LogP contribution is -2.43. The zero-order valence-corrected chi connectivity index (χ0v) is 19.8. The SMILES string of the molecule is [2H]C([2H])([2H])C(C)(CC)C(=O)OC1CC(C)C=C2C=CC(C)C(CCC(O)CC(O)CCC(=O)O)C21. The molecule has 0 aromatic carbocycles. The fourth-order valence-corrected chi connectivity index (χ4v) is 4.86. The molecule has 0 fully saturated rings. The molecule has 0 saturated heterocycles. The number of carboxylic acids is 1. The van der Waals surface area contributed by atoms with Crippen molar-refractivity contribution in [3.63, 3.8) is 0 Å². The number of aliphatic carboxylic acids is 1. The van der Waals surface area contributed by atoms with Crippen molar-refractivity contribution in [3.05, 3.63) is 23.8 Å². The van der Waals surface area contributed by atoms with Gasteiger partial charge in [0.1, 0.15) is 6.10 Å². The van der Waals surface area contributed by atoms with Crippen LogP contribution in [0, 0.1) is 29.1 Å². The summed E-state index contributed by atoms with van der Waals surface area (Å²) >= 11 is 0. The van der Waals surface area contributed by atoms with Gasteiger partial charge in [-0.2, -0.15) is 0 Å². The number of fused-ring (bicyclic) bond motifs is 1. The molecule has 8 atom stereocenters. The van der Waals surface area contributed by atoms with E-state index < -0.39 is 42.5 Å². The van der Waals surface area contributed by atoms with Crippen LogP contribution < -0.4 is 0 Å². The molecule has 0 aromatic heterocycles. The lowest BCUT2D eigenvalue weighted by Gasteiger charge is -2.44. The van der Waals surface area contributed by atoms with Crippen LogP contribution in [0.4, 0.5) is 0 Å². The molecule has 0 bridgehead atoms. The van der Waals surface area contributed by atoms with Crippen molar-refractivity contribution in [2.45, 2.75) is 97.8 Å². The number of ether oxygens (including phenoxy) is 1. The van der Waals surface area contributed by atoms with Gasteiger partial charge >= 0.3 is 11.9 Å². The van der Waals surface area contributed by atoms with Gasteiger partial charge < -0.3 is 20.1 Å². The second-order valence-corrected chi connectivity index (χ2v) is 9.97. The highest BCUT2D eigenvalue weighted by Gasteiger charge is 2.42. The van der Waals surface area contributed by atoms with Gasteiger partial charge in [-0.05, 0) is 75.6 Å². The van der Waals surface area contributed by atoms with Gasteiger partial charge in [0.05, 0.1) is 17.6 Å². The van der Waals surface area contributed by atoms with E-state index in [9.17, 15) is 19.8 Å². The quantitative estimate of drug-likeness (QED) is 0.398. The van der Waals surface area contributed by atoms with Crippen LogP contribution in [-0.2, 0) is 14.3 Å². The summed E-state index contributed by atoms with van der Waals surface area (Å²) in [7, 11) is 0. The number of carbonyl (C=O) groups excluding carboxylic acids is 1. The third kappa shape index (κ3) is 7.17. The molecule has 3 N–H and O–H groups in total. The molecular weight excluding hydrogens is 408 g/mol. The van der Waals surface area contributed by atoms with Crippen molar-refractivity contribution in [1.29, 1.82) is 0 Å². The fourth-order valence-electron chi connectivity index (χ4n) is 4.86. The van der Waals surface area contributed by atoms with E-state index in [-0.39, 0.29) is 49.4 Å². The lowest BCUT2D eigenvalue weighted by molar-refractivity contribution is -0.164. The van der Waals surface area contributed by atoms with Crippen LogP contribution >= 0.6 is 0 Å². The van der Waals surface area contributed by atoms with Gasteiger partial charge in [0.25, 0.3) is 0 Å². The van der Waals surface area contributed by atoms with E-state index in [1.807, 2.05) is 0 Å². The average molecular weight is 454 g/mol. The zero-order chi connectivity index (χ0) is 26.6. The third-order valence-electron chi connectivity index (χ3n) is 7.08. The topological polar surface area (TPSA) is 104 Å². The molecule has 6 nitrogen and oxygen atoms in total. The van der Waals surface area contributed by atoms with Crippen LogP contribution in [0.25, 0.3) is 0 Å². The van der Waals surface area contributed by atoms with Crippen molar-refractivity contribution in [2.75, 3.05) is 0 Å². The van der Waals surface area contributed by atoms with Crippen LogP contribution in [-0.4, -0.2) is 45.6 Å². The van der Waals surface area contributed by atoms with E-state index in [1.165, 1.54) is 6.92 Å². The summed E-state index contributed by atoms with van der Waals surface area (Å²) in [5.41, 5.74) is -0.501. The molecule has 0 saturated carbocycles. The summed E-state index contributed by atoms with van der Waals surface area (Å²) in [6, 6.07) is 0. The van der Waals surface area contributed by atoms with Crippen molar-refractivity contribution in [1.82, 2.24) is 0 Å². The number of aliphatic hydroxyl groups excluding tert-OH is 2. The number of hydrogen-bond acceptors (Lipinski definition) is 5. The first-order valence-electron chi connectivity index (χ1n) is 13.4. The first kappa shape index (κ1) is 22.1. The Bertz CT molecular complexity index is 807. The summed E-state index contributed by atoms with van der Waals surface area (Å²) in [4.78, 5) is 23.9. The maximum absolute atomic E-state index is 13.1. The van der Waals surface area contributed by atoms with Gasteiger partial charge in [0, 0.05) is 16.5 Å². The van der Waals surface area contributed by atoms with Crippen LogP contribution in [0.3, 0.4) is 0 Å². The Morgan fingerprint density at radius 1 is 1.28 bits per heavy atom. The number of carboxylic acid groups (broad SMARTS) is 1. The molecule has 0 aromatic rings. The number of hydrogen-bond donors (Lipinski definition) is 3. The Balaban J connectivity index is 2.16.